The van der Waals surface area contributed by atoms with Crippen LogP contribution >= 0.6 is 11.3 Å². The van der Waals surface area contributed by atoms with Gasteiger partial charge in [0, 0.05) is 21.8 Å². The number of rotatable bonds is 3. The molecule has 0 aliphatic carbocycles. The summed E-state index contributed by atoms with van der Waals surface area (Å²) >= 11 is 1.75. The van der Waals surface area contributed by atoms with E-state index in [0.29, 0.717) is 0 Å². The lowest BCUT2D eigenvalue weighted by Gasteiger charge is -2.36. The van der Waals surface area contributed by atoms with Gasteiger partial charge in [-0.3, -0.25) is 0 Å². The molecule has 25 heavy (non-hydrogen) atoms. The van der Waals surface area contributed by atoms with Crippen LogP contribution in [-0.2, 0) is 0 Å². The van der Waals surface area contributed by atoms with E-state index in [1.807, 2.05) is 31.2 Å². The Kier molecular flexibility index (Phi) is 4.01. The minimum absolute atomic E-state index is 0.109. The van der Waals surface area contributed by atoms with Gasteiger partial charge in [-0.2, -0.15) is 0 Å². The minimum atomic E-state index is 0.109. The molecule has 0 bridgehead atoms. The van der Waals surface area contributed by atoms with Gasteiger partial charge in [-0.1, -0.05) is 6.07 Å². The third kappa shape index (κ3) is 2.91. The van der Waals surface area contributed by atoms with Gasteiger partial charge in [0.2, 0.25) is 5.96 Å². The number of aliphatic imine (C=N–C) groups is 2. The number of methoxy groups -OCH3 is 1. The van der Waals surface area contributed by atoms with Crippen LogP contribution in [0.1, 0.15) is 30.3 Å². The van der Waals surface area contributed by atoms with Crippen molar-refractivity contribution in [3.05, 3.63) is 70.1 Å². The van der Waals surface area contributed by atoms with Crippen LogP contribution in [0.3, 0.4) is 0 Å². The molecule has 0 radical (unpaired) electrons. The Morgan fingerprint density at radius 2 is 1.88 bits per heavy atom. The fraction of sp³-hybridized carbons (Fsp3) is 0.200. The fourth-order valence-electron chi connectivity index (χ4n) is 3.16. The molecule has 2 aliphatic heterocycles. The number of hydrogen-bond donors (Lipinski definition) is 0. The van der Waals surface area contributed by atoms with Crippen molar-refractivity contribution in [3.63, 3.8) is 0 Å². The molecule has 4 nitrogen and oxygen atoms in total. The summed E-state index contributed by atoms with van der Waals surface area (Å²) in [5.41, 5.74) is 4.15. The zero-order chi connectivity index (χ0) is 17.4. The van der Waals surface area contributed by atoms with Gasteiger partial charge in [0.25, 0.3) is 0 Å². The van der Waals surface area contributed by atoms with Crippen molar-refractivity contribution in [2.45, 2.75) is 19.9 Å². The van der Waals surface area contributed by atoms with Gasteiger partial charge in [0.05, 0.1) is 18.8 Å². The summed E-state index contributed by atoms with van der Waals surface area (Å²) in [7, 11) is 1.68. The standard InChI is InChI=1S/C20H19N3OS/c1-13-11-14(2)23-18(19-5-4-10-25-19)12-17(22-20(23)21-13)15-6-8-16(24-3)9-7-15/h4-12,18H,1-3H3. The monoisotopic (exact) mass is 349 g/mol. The van der Waals surface area contributed by atoms with E-state index in [4.69, 9.17) is 9.73 Å². The number of hydrogen-bond acceptors (Lipinski definition) is 5. The highest BCUT2D eigenvalue weighted by molar-refractivity contribution is 7.10. The summed E-state index contributed by atoms with van der Waals surface area (Å²) in [5, 5.41) is 2.11. The van der Waals surface area contributed by atoms with E-state index in [1.165, 1.54) is 4.88 Å². The van der Waals surface area contributed by atoms with Crippen molar-refractivity contribution in [3.8, 4) is 5.75 Å². The van der Waals surface area contributed by atoms with Gasteiger partial charge in [0.15, 0.2) is 0 Å². The summed E-state index contributed by atoms with van der Waals surface area (Å²) in [4.78, 5) is 13.0. The number of guanidine groups is 1. The lowest BCUT2D eigenvalue weighted by molar-refractivity contribution is 0.414. The molecule has 5 heteroatoms. The molecule has 126 valence electrons. The van der Waals surface area contributed by atoms with Crippen LogP contribution in [0.25, 0.3) is 5.70 Å². The number of allylic oxidation sites excluding steroid dienone is 2. The summed E-state index contributed by atoms with van der Waals surface area (Å²) in [6.45, 7) is 4.12. The largest absolute Gasteiger partial charge is 0.497 e. The molecule has 2 aromatic rings. The van der Waals surface area contributed by atoms with Crippen molar-refractivity contribution < 1.29 is 4.74 Å². The van der Waals surface area contributed by atoms with Gasteiger partial charge >= 0.3 is 0 Å². The van der Waals surface area contributed by atoms with Crippen molar-refractivity contribution >= 4 is 28.7 Å². The highest BCUT2D eigenvalue weighted by atomic mass is 32.1. The lowest BCUT2D eigenvalue weighted by atomic mass is 10.0. The average Bonchev–Trinajstić information content (AvgIpc) is 3.15. The molecule has 0 fully saturated rings. The van der Waals surface area contributed by atoms with E-state index >= 15 is 0 Å². The van der Waals surface area contributed by atoms with Gasteiger partial charge in [0.1, 0.15) is 5.75 Å². The molecular weight excluding hydrogens is 330 g/mol. The maximum absolute atomic E-state index is 5.26. The lowest BCUT2D eigenvalue weighted by Crippen LogP contribution is -2.36. The zero-order valence-electron chi connectivity index (χ0n) is 14.4. The van der Waals surface area contributed by atoms with Gasteiger partial charge in [-0.25, -0.2) is 9.98 Å². The molecule has 3 heterocycles. The topological polar surface area (TPSA) is 37.2 Å². The van der Waals surface area contributed by atoms with Gasteiger partial charge < -0.3 is 9.64 Å². The van der Waals surface area contributed by atoms with Gasteiger partial charge in [-0.15, -0.1) is 11.3 Å². The second-order valence-electron chi connectivity index (χ2n) is 6.06. The molecule has 1 unspecified atom stereocenters. The summed E-state index contributed by atoms with van der Waals surface area (Å²) in [6, 6.07) is 12.4. The molecule has 0 amide bonds. The van der Waals surface area contributed by atoms with Crippen LogP contribution in [0.15, 0.2) is 69.6 Å². The van der Waals surface area contributed by atoms with E-state index in [9.17, 15) is 0 Å². The zero-order valence-corrected chi connectivity index (χ0v) is 15.2. The Balaban J connectivity index is 1.81. The maximum Gasteiger partial charge on any atom is 0.231 e. The maximum atomic E-state index is 5.26. The quantitative estimate of drug-likeness (QED) is 0.791. The Labute approximate surface area is 151 Å². The number of thiophene rings is 1. The van der Waals surface area contributed by atoms with E-state index < -0.39 is 0 Å². The number of benzene rings is 1. The molecule has 0 N–H and O–H groups in total. The molecule has 4 rings (SSSR count). The molecule has 0 saturated heterocycles. The summed E-state index contributed by atoms with van der Waals surface area (Å²) in [6.07, 6.45) is 4.32. The van der Waals surface area contributed by atoms with Gasteiger partial charge in [-0.05, 0) is 61.7 Å². The smallest absolute Gasteiger partial charge is 0.231 e. The minimum Gasteiger partial charge on any atom is -0.497 e. The molecule has 1 aromatic heterocycles. The van der Waals surface area contributed by atoms with E-state index in [-0.39, 0.29) is 6.04 Å². The van der Waals surface area contributed by atoms with Crippen molar-refractivity contribution in [2.75, 3.05) is 7.11 Å². The van der Waals surface area contributed by atoms with Crippen LogP contribution in [0, 0.1) is 0 Å². The normalized spacial score (nSPS) is 19.5. The van der Waals surface area contributed by atoms with Crippen LogP contribution in [0.4, 0.5) is 0 Å². The number of fused-ring (bicyclic) bond motifs is 1. The van der Waals surface area contributed by atoms with E-state index in [0.717, 1.165) is 34.4 Å². The Bertz CT molecular complexity index is 905. The average molecular weight is 349 g/mol. The first-order chi connectivity index (χ1) is 12.2. The first-order valence-corrected chi connectivity index (χ1v) is 9.05. The van der Waals surface area contributed by atoms with E-state index in [2.05, 4.69) is 46.5 Å². The predicted octanol–water partition coefficient (Wildman–Crippen LogP) is 4.89. The second kappa shape index (κ2) is 6.33. The van der Waals surface area contributed by atoms with Crippen LogP contribution in [-0.4, -0.2) is 23.7 Å². The summed E-state index contributed by atoms with van der Waals surface area (Å²) < 4.78 is 5.26. The highest BCUT2D eigenvalue weighted by Gasteiger charge is 2.30. The summed E-state index contributed by atoms with van der Waals surface area (Å²) in [5.74, 6) is 1.60. The molecule has 0 saturated carbocycles. The third-order valence-corrected chi connectivity index (χ3v) is 5.27. The molecule has 1 atom stereocenters. The second-order valence-corrected chi connectivity index (χ2v) is 7.04. The molecule has 2 aliphatic rings. The first kappa shape index (κ1) is 15.8. The van der Waals surface area contributed by atoms with Crippen LogP contribution in [0.5, 0.6) is 5.75 Å². The fourth-order valence-corrected chi connectivity index (χ4v) is 3.94. The van der Waals surface area contributed by atoms with Crippen molar-refractivity contribution in [1.82, 2.24) is 4.90 Å². The van der Waals surface area contributed by atoms with Crippen LogP contribution in [0.2, 0.25) is 0 Å². The Morgan fingerprint density at radius 3 is 2.56 bits per heavy atom. The van der Waals surface area contributed by atoms with E-state index in [1.54, 1.807) is 18.4 Å². The Morgan fingerprint density at radius 1 is 1.08 bits per heavy atom. The molecule has 0 spiro atoms. The number of nitrogens with zero attached hydrogens (tertiary/aromatic N) is 3. The predicted molar refractivity (Wildman–Crippen MR) is 104 cm³/mol. The number of ether oxygens (including phenoxy) is 1. The van der Waals surface area contributed by atoms with Crippen LogP contribution < -0.4 is 4.74 Å². The third-order valence-electron chi connectivity index (χ3n) is 4.32. The molecule has 1 aromatic carbocycles. The molecular formula is C20H19N3OS. The van der Waals surface area contributed by atoms with Crippen molar-refractivity contribution in [1.29, 1.82) is 0 Å². The highest BCUT2D eigenvalue weighted by Crippen LogP contribution is 2.38. The van der Waals surface area contributed by atoms with Crippen molar-refractivity contribution in [2.24, 2.45) is 9.98 Å². The first-order valence-electron chi connectivity index (χ1n) is 8.17. The Hall–Kier alpha value is -2.66. The SMILES string of the molecule is COc1ccc(C2=CC(c3cccs3)N3C(C)=CC(C)=NC3=N2)cc1.